The lowest BCUT2D eigenvalue weighted by Crippen LogP contribution is -2.73. The smallest absolute Gasteiger partial charge is 0.315 e. The van der Waals surface area contributed by atoms with Gasteiger partial charge < -0.3 is 15.4 Å². The SMILES string of the molecule is COC1C(C)C(NC(=O)NCc2nc3cc(Cl)ccc3s2)C12CCC2. The fourth-order valence-electron chi connectivity index (χ4n) is 4.56. The van der Waals surface area contributed by atoms with Gasteiger partial charge in [0.1, 0.15) is 5.01 Å². The maximum absolute atomic E-state index is 12.3. The normalized spacial score (nSPS) is 26.9. The predicted molar refractivity (Wildman–Crippen MR) is 100 cm³/mol. The summed E-state index contributed by atoms with van der Waals surface area (Å²) in [5.41, 5.74) is 1.02. The van der Waals surface area contributed by atoms with Crippen molar-refractivity contribution in [2.24, 2.45) is 11.3 Å². The van der Waals surface area contributed by atoms with E-state index in [1.807, 2.05) is 18.2 Å². The number of nitrogens with one attached hydrogen (secondary N) is 2. The Kier molecular flexibility index (Phi) is 4.38. The Morgan fingerprint density at radius 1 is 1.48 bits per heavy atom. The first kappa shape index (κ1) is 17.1. The van der Waals surface area contributed by atoms with Gasteiger partial charge in [-0.2, -0.15) is 0 Å². The summed E-state index contributed by atoms with van der Waals surface area (Å²) in [4.78, 5) is 16.9. The molecule has 0 aliphatic heterocycles. The van der Waals surface area contributed by atoms with Crippen molar-refractivity contribution < 1.29 is 9.53 Å². The van der Waals surface area contributed by atoms with Crippen molar-refractivity contribution in [3.8, 4) is 0 Å². The lowest BCUT2D eigenvalue weighted by Gasteiger charge is -2.64. The number of amides is 2. The van der Waals surface area contributed by atoms with E-state index in [0.29, 0.717) is 17.5 Å². The molecule has 25 heavy (non-hydrogen) atoms. The Morgan fingerprint density at radius 2 is 2.28 bits per heavy atom. The van der Waals surface area contributed by atoms with Gasteiger partial charge in [0.15, 0.2) is 0 Å². The van der Waals surface area contributed by atoms with E-state index < -0.39 is 0 Å². The molecule has 0 radical (unpaired) electrons. The molecule has 2 aliphatic carbocycles. The standard InChI is InChI=1S/C18H22ClN3O2S/c1-10-15(18(6-3-7-18)16(10)24-2)22-17(23)20-9-14-21-12-8-11(19)4-5-13(12)25-14/h4-5,8,10,15-16H,3,6-7,9H2,1-2H3,(H2,20,22,23). The van der Waals surface area contributed by atoms with Crippen LogP contribution in [0.3, 0.4) is 0 Å². The second-order valence-electron chi connectivity index (χ2n) is 7.13. The van der Waals surface area contributed by atoms with Gasteiger partial charge in [-0.1, -0.05) is 24.9 Å². The summed E-state index contributed by atoms with van der Waals surface area (Å²) >= 11 is 7.57. The number of hydrogen-bond donors (Lipinski definition) is 2. The average Bonchev–Trinajstić information content (AvgIpc) is 2.95. The van der Waals surface area contributed by atoms with Crippen molar-refractivity contribution in [3.05, 3.63) is 28.2 Å². The van der Waals surface area contributed by atoms with Crippen molar-refractivity contribution in [2.45, 2.75) is 44.9 Å². The van der Waals surface area contributed by atoms with Crippen molar-refractivity contribution in [3.63, 3.8) is 0 Å². The third kappa shape index (κ3) is 2.80. The highest BCUT2D eigenvalue weighted by molar-refractivity contribution is 7.18. The minimum Gasteiger partial charge on any atom is -0.380 e. The van der Waals surface area contributed by atoms with Crippen LogP contribution in [-0.2, 0) is 11.3 Å². The molecule has 2 N–H and O–H groups in total. The monoisotopic (exact) mass is 379 g/mol. The molecule has 1 aromatic carbocycles. The first-order chi connectivity index (χ1) is 12.0. The maximum Gasteiger partial charge on any atom is 0.315 e. The highest BCUT2D eigenvalue weighted by Gasteiger charge is 2.63. The Labute approximate surface area is 156 Å². The van der Waals surface area contributed by atoms with E-state index in [4.69, 9.17) is 16.3 Å². The molecule has 134 valence electrons. The predicted octanol–water partition coefficient (Wildman–Crippen LogP) is 3.95. The molecule has 0 saturated heterocycles. The number of nitrogens with zero attached hydrogens (tertiary/aromatic N) is 1. The highest BCUT2D eigenvalue weighted by Crippen LogP contribution is 2.59. The summed E-state index contributed by atoms with van der Waals surface area (Å²) in [5.74, 6) is 0.348. The number of hydrogen-bond acceptors (Lipinski definition) is 4. The van der Waals surface area contributed by atoms with Crippen molar-refractivity contribution in [2.75, 3.05) is 7.11 Å². The van der Waals surface area contributed by atoms with Gasteiger partial charge >= 0.3 is 6.03 Å². The Bertz CT molecular complexity index is 805. The topological polar surface area (TPSA) is 63.2 Å². The summed E-state index contributed by atoms with van der Waals surface area (Å²) in [5, 5.41) is 7.65. The van der Waals surface area contributed by atoms with Gasteiger partial charge in [0.25, 0.3) is 0 Å². The van der Waals surface area contributed by atoms with Crippen LogP contribution in [0.15, 0.2) is 18.2 Å². The number of rotatable bonds is 4. The van der Waals surface area contributed by atoms with Crippen LogP contribution in [-0.4, -0.2) is 30.3 Å². The van der Waals surface area contributed by atoms with Crippen LogP contribution in [0.25, 0.3) is 10.2 Å². The van der Waals surface area contributed by atoms with E-state index in [9.17, 15) is 4.79 Å². The van der Waals surface area contributed by atoms with Crippen LogP contribution in [0.5, 0.6) is 0 Å². The number of thiazole rings is 1. The van der Waals surface area contributed by atoms with Gasteiger partial charge in [-0.05, 0) is 31.0 Å². The number of aromatic nitrogens is 1. The van der Waals surface area contributed by atoms with Gasteiger partial charge in [-0.15, -0.1) is 11.3 Å². The minimum absolute atomic E-state index is 0.130. The number of urea groups is 1. The first-order valence-electron chi connectivity index (χ1n) is 8.65. The zero-order chi connectivity index (χ0) is 17.6. The van der Waals surface area contributed by atoms with Crippen molar-refractivity contribution in [1.29, 1.82) is 0 Å². The van der Waals surface area contributed by atoms with Gasteiger partial charge in [0, 0.05) is 29.5 Å². The van der Waals surface area contributed by atoms with Gasteiger partial charge in [0.05, 0.1) is 22.9 Å². The molecular formula is C18H22ClN3O2S. The van der Waals surface area contributed by atoms with Crippen LogP contribution < -0.4 is 10.6 Å². The van der Waals surface area contributed by atoms with E-state index in [0.717, 1.165) is 28.1 Å². The van der Waals surface area contributed by atoms with E-state index in [1.54, 1.807) is 18.4 Å². The molecule has 3 atom stereocenters. The third-order valence-corrected chi connectivity index (χ3v) is 7.08. The van der Waals surface area contributed by atoms with E-state index in [-0.39, 0.29) is 23.6 Å². The van der Waals surface area contributed by atoms with Crippen molar-refractivity contribution in [1.82, 2.24) is 15.6 Å². The number of carbonyl (C=O) groups is 1. The second kappa shape index (κ2) is 6.41. The fraction of sp³-hybridized carbons (Fsp3) is 0.556. The lowest BCUT2D eigenvalue weighted by molar-refractivity contribution is -0.197. The molecule has 4 rings (SSSR count). The Morgan fingerprint density at radius 3 is 2.96 bits per heavy atom. The van der Waals surface area contributed by atoms with Crippen LogP contribution in [0.1, 0.15) is 31.2 Å². The van der Waals surface area contributed by atoms with Gasteiger partial charge in [0.2, 0.25) is 0 Å². The number of halogens is 1. The lowest BCUT2D eigenvalue weighted by atomic mass is 9.46. The van der Waals surface area contributed by atoms with Gasteiger partial charge in [-0.25, -0.2) is 9.78 Å². The quantitative estimate of drug-likeness (QED) is 0.845. The number of fused-ring (bicyclic) bond motifs is 1. The first-order valence-corrected chi connectivity index (χ1v) is 9.85. The van der Waals surface area contributed by atoms with E-state index in [1.165, 1.54) is 6.42 Å². The molecule has 3 unspecified atom stereocenters. The zero-order valence-corrected chi connectivity index (χ0v) is 15.9. The molecule has 1 heterocycles. The number of ether oxygens (including phenoxy) is 1. The summed E-state index contributed by atoms with van der Waals surface area (Å²) < 4.78 is 6.72. The molecule has 1 spiro atoms. The summed E-state index contributed by atoms with van der Waals surface area (Å²) in [6, 6.07) is 5.72. The largest absolute Gasteiger partial charge is 0.380 e. The molecule has 2 aliphatic rings. The molecule has 5 nitrogen and oxygen atoms in total. The van der Waals surface area contributed by atoms with Crippen molar-refractivity contribution >= 4 is 39.2 Å². The molecule has 2 saturated carbocycles. The second-order valence-corrected chi connectivity index (χ2v) is 8.68. The Hall–Kier alpha value is -1.37. The highest BCUT2D eigenvalue weighted by atomic mass is 35.5. The summed E-state index contributed by atoms with van der Waals surface area (Å²) in [6.07, 6.45) is 3.76. The third-order valence-electron chi connectivity index (χ3n) is 5.81. The van der Waals surface area contributed by atoms with Crippen LogP contribution in [0.4, 0.5) is 4.79 Å². The number of methoxy groups -OCH3 is 1. The zero-order valence-electron chi connectivity index (χ0n) is 14.3. The van der Waals surface area contributed by atoms with E-state index >= 15 is 0 Å². The van der Waals surface area contributed by atoms with E-state index in [2.05, 4.69) is 22.5 Å². The summed E-state index contributed by atoms with van der Waals surface area (Å²) in [7, 11) is 1.77. The maximum atomic E-state index is 12.3. The molecule has 2 aromatic rings. The average molecular weight is 380 g/mol. The van der Waals surface area contributed by atoms with Crippen LogP contribution in [0.2, 0.25) is 5.02 Å². The fourth-order valence-corrected chi connectivity index (χ4v) is 5.61. The molecule has 1 aromatic heterocycles. The minimum atomic E-state index is -0.130. The van der Waals surface area contributed by atoms with Crippen LogP contribution in [0, 0.1) is 11.3 Å². The molecule has 2 fully saturated rings. The molecule has 7 heteroatoms. The summed E-state index contributed by atoms with van der Waals surface area (Å²) in [6.45, 7) is 2.57. The Balaban J connectivity index is 1.36. The molecule has 0 bridgehead atoms. The number of benzene rings is 1. The van der Waals surface area contributed by atoms with Crippen LogP contribution >= 0.6 is 22.9 Å². The number of carbonyl (C=O) groups excluding carboxylic acids is 1. The molecular weight excluding hydrogens is 358 g/mol. The molecule has 2 amide bonds. The van der Waals surface area contributed by atoms with Gasteiger partial charge in [-0.3, -0.25) is 0 Å².